The number of carbonyl (C=O) groups is 1. The molecule has 0 saturated carbocycles. The van der Waals surface area contributed by atoms with Gasteiger partial charge in [0.15, 0.2) is 0 Å². The number of likely N-dealkylation sites (N-methyl/N-ethyl adjacent to an activating group) is 1. The van der Waals surface area contributed by atoms with Crippen LogP contribution in [0.3, 0.4) is 0 Å². The predicted molar refractivity (Wildman–Crippen MR) is 109 cm³/mol. The van der Waals surface area contributed by atoms with E-state index in [-0.39, 0.29) is 6.54 Å². The first kappa shape index (κ1) is 19.6. The lowest BCUT2D eigenvalue weighted by Crippen LogP contribution is -2.37. The second-order valence-corrected chi connectivity index (χ2v) is 7.57. The van der Waals surface area contributed by atoms with Crippen LogP contribution in [0.15, 0.2) is 60.7 Å². The van der Waals surface area contributed by atoms with Gasteiger partial charge in [-0.25, -0.2) is 0 Å². The van der Waals surface area contributed by atoms with Gasteiger partial charge in [0, 0.05) is 18.5 Å². The van der Waals surface area contributed by atoms with Gasteiger partial charge >= 0.3 is 5.97 Å². The van der Waals surface area contributed by atoms with Crippen molar-refractivity contribution in [3.63, 3.8) is 0 Å². The van der Waals surface area contributed by atoms with Crippen LogP contribution in [0.5, 0.6) is 0 Å². The molecule has 0 amide bonds. The first-order valence-electron chi connectivity index (χ1n) is 9.88. The summed E-state index contributed by atoms with van der Waals surface area (Å²) in [7, 11) is 1.94. The van der Waals surface area contributed by atoms with Gasteiger partial charge in [0.1, 0.15) is 0 Å². The molecule has 3 rings (SSSR count). The molecular weight excluding hydrogens is 336 g/mol. The van der Waals surface area contributed by atoms with Crippen molar-refractivity contribution in [2.75, 3.05) is 33.2 Å². The number of benzene rings is 2. The highest BCUT2D eigenvalue weighted by Crippen LogP contribution is 2.27. The summed E-state index contributed by atoms with van der Waals surface area (Å²) in [5.74, 6) is -0.382. The van der Waals surface area contributed by atoms with Crippen LogP contribution in [0.1, 0.15) is 36.3 Å². The van der Waals surface area contributed by atoms with Gasteiger partial charge in [0.2, 0.25) is 0 Å². The van der Waals surface area contributed by atoms with Crippen molar-refractivity contribution in [1.29, 1.82) is 0 Å². The lowest BCUT2D eigenvalue weighted by Gasteiger charge is -2.28. The number of likely N-dealkylation sites (tertiary alicyclic amines) is 1. The molecule has 27 heavy (non-hydrogen) atoms. The van der Waals surface area contributed by atoms with Crippen LogP contribution in [0.2, 0.25) is 0 Å². The van der Waals surface area contributed by atoms with Crippen molar-refractivity contribution in [3.05, 3.63) is 71.8 Å². The third-order valence-electron chi connectivity index (χ3n) is 5.64. The van der Waals surface area contributed by atoms with E-state index in [2.05, 4.69) is 65.6 Å². The maximum Gasteiger partial charge on any atom is 0.317 e. The number of nitrogens with zero attached hydrogens (tertiary/aromatic N) is 2. The largest absolute Gasteiger partial charge is 0.480 e. The van der Waals surface area contributed by atoms with Crippen molar-refractivity contribution < 1.29 is 9.90 Å². The number of carboxylic acids is 1. The third kappa shape index (κ3) is 5.65. The summed E-state index contributed by atoms with van der Waals surface area (Å²) in [5, 5.41) is 9.06. The fraction of sp³-hybridized carbons (Fsp3) is 0.435. The van der Waals surface area contributed by atoms with Gasteiger partial charge in [-0.2, -0.15) is 0 Å². The highest BCUT2D eigenvalue weighted by atomic mass is 16.4. The molecule has 0 bridgehead atoms. The van der Waals surface area contributed by atoms with E-state index >= 15 is 0 Å². The minimum atomic E-state index is -0.744. The average molecular weight is 367 g/mol. The molecule has 4 nitrogen and oxygen atoms in total. The number of hydrogen-bond acceptors (Lipinski definition) is 3. The Labute approximate surface area is 162 Å². The molecule has 1 N–H and O–H groups in total. The van der Waals surface area contributed by atoms with E-state index in [1.54, 1.807) is 0 Å². The summed E-state index contributed by atoms with van der Waals surface area (Å²) >= 11 is 0. The van der Waals surface area contributed by atoms with Gasteiger partial charge in [-0.3, -0.25) is 9.69 Å². The van der Waals surface area contributed by atoms with Gasteiger partial charge in [0.25, 0.3) is 0 Å². The van der Waals surface area contributed by atoms with Crippen LogP contribution >= 0.6 is 0 Å². The normalized spacial score (nSPS) is 18.6. The lowest BCUT2D eigenvalue weighted by molar-refractivity contribution is -0.138. The Balaban J connectivity index is 1.68. The van der Waals surface area contributed by atoms with E-state index in [0.717, 1.165) is 38.9 Å². The standard InChI is InChI=1S/C23H30N2O2/c1-24(18-23(26)27)21-13-8-15-25(16-14-21)17-22(19-9-4-2-5-10-19)20-11-6-3-7-12-20/h2-7,9-12,21-22H,8,13-18H2,1H3,(H,26,27). The van der Waals surface area contributed by atoms with E-state index < -0.39 is 5.97 Å². The molecule has 0 aliphatic carbocycles. The zero-order valence-electron chi connectivity index (χ0n) is 16.1. The molecule has 1 fully saturated rings. The summed E-state index contributed by atoms with van der Waals surface area (Å²) in [4.78, 5) is 15.6. The number of hydrogen-bond donors (Lipinski definition) is 1. The zero-order chi connectivity index (χ0) is 19.1. The fourth-order valence-electron chi connectivity index (χ4n) is 4.14. The van der Waals surface area contributed by atoms with Gasteiger partial charge in [0.05, 0.1) is 6.54 Å². The van der Waals surface area contributed by atoms with Crippen LogP contribution in [-0.2, 0) is 4.79 Å². The Morgan fingerprint density at radius 1 is 1.04 bits per heavy atom. The highest BCUT2D eigenvalue weighted by molar-refractivity contribution is 5.69. The van der Waals surface area contributed by atoms with E-state index in [4.69, 9.17) is 5.11 Å². The smallest absolute Gasteiger partial charge is 0.317 e. The molecule has 1 saturated heterocycles. The molecule has 144 valence electrons. The van der Waals surface area contributed by atoms with Crippen molar-refractivity contribution in [2.24, 2.45) is 0 Å². The highest BCUT2D eigenvalue weighted by Gasteiger charge is 2.24. The zero-order valence-corrected chi connectivity index (χ0v) is 16.1. The molecule has 1 aliphatic heterocycles. The summed E-state index contributed by atoms with van der Waals surface area (Å²) < 4.78 is 0. The molecule has 1 aliphatic rings. The number of carboxylic acid groups (broad SMARTS) is 1. The molecule has 1 unspecified atom stereocenters. The SMILES string of the molecule is CN(CC(=O)O)C1CCCN(CC(c2ccccc2)c2ccccc2)CC1. The monoisotopic (exact) mass is 366 g/mol. The minimum absolute atomic E-state index is 0.126. The fourth-order valence-corrected chi connectivity index (χ4v) is 4.14. The first-order chi connectivity index (χ1) is 13.1. The van der Waals surface area contributed by atoms with Gasteiger partial charge < -0.3 is 10.0 Å². The number of rotatable bonds is 7. The van der Waals surface area contributed by atoms with Crippen LogP contribution in [-0.4, -0.2) is 60.1 Å². The quantitative estimate of drug-likeness (QED) is 0.812. The van der Waals surface area contributed by atoms with E-state index in [1.807, 2.05) is 11.9 Å². The maximum atomic E-state index is 11.0. The summed E-state index contributed by atoms with van der Waals surface area (Å²) in [6.07, 6.45) is 3.21. The molecule has 2 aromatic carbocycles. The van der Waals surface area contributed by atoms with E-state index in [9.17, 15) is 4.79 Å². The molecule has 1 heterocycles. The second kappa shape index (κ2) is 9.67. The topological polar surface area (TPSA) is 43.8 Å². The van der Waals surface area contributed by atoms with Crippen LogP contribution in [0, 0.1) is 0 Å². The Hall–Kier alpha value is -2.17. The van der Waals surface area contributed by atoms with Crippen molar-refractivity contribution >= 4 is 5.97 Å². The Bertz CT molecular complexity index is 665. The minimum Gasteiger partial charge on any atom is -0.480 e. The third-order valence-corrected chi connectivity index (χ3v) is 5.64. The maximum absolute atomic E-state index is 11.0. The lowest BCUT2D eigenvalue weighted by atomic mass is 9.90. The van der Waals surface area contributed by atoms with Crippen molar-refractivity contribution in [2.45, 2.75) is 31.2 Å². The molecule has 1 atom stereocenters. The van der Waals surface area contributed by atoms with Crippen LogP contribution in [0.25, 0.3) is 0 Å². The summed E-state index contributed by atoms with van der Waals surface area (Å²) in [6, 6.07) is 21.8. The van der Waals surface area contributed by atoms with Crippen molar-refractivity contribution in [1.82, 2.24) is 9.80 Å². The van der Waals surface area contributed by atoms with Gasteiger partial charge in [-0.15, -0.1) is 0 Å². The summed E-state index contributed by atoms with van der Waals surface area (Å²) in [5.41, 5.74) is 2.71. The van der Waals surface area contributed by atoms with Crippen molar-refractivity contribution in [3.8, 4) is 0 Å². The Morgan fingerprint density at radius 3 is 2.19 bits per heavy atom. The second-order valence-electron chi connectivity index (χ2n) is 7.57. The first-order valence-corrected chi connectivity index (χ1v) is 9.88. The Morgan fingerprint density at radius 2 is 1.63 bits per heavy atom. The van der Waals surface area contributed by atoms with E-state index in [0.29, 0.717) is 12.0 Å². The Kier molecular flexibility index (Phi) is 7.02. The molecule has 4 heteroatoms. The molecular formula is C23H30N2O2. The predicted octanol–water partition coefficient (Wildman–Crippen LogP) is 3.69. The molecule has 0 radical (unpaired) electrons. The van der Waals surface area contributed by atoms with E-state index in [1.165, 1.54) is 11.1 Å². The molecule has 0 spiro atoms. The average Bonchev–Trinajstić information content (AvgIpc) is 2.93. The van der Waals surface area contributed by atoms with Crippen LogP contribution < -0.4 is 0 Å². The van der Waals surface area contributed by atoms with Crippen LogP contribution in [0.4, 0.5) is 0 Å². The molecule has 2 aromatic rings. The number of aliphatic carboxylic acids is 1. The van der Waals surface area contributed by atoms with Gasteiger partial charge in [-0.05, 0) is 50.5 Å². The van der Waals surface area contributed by atoms with Gasteiger partial charge in [-0.1, -0.05) is 60.7 Å². The summed E-state index contributed by atoms with van der Waals surface area (Å²) in [6.45, 7) is 3.23. The molecule has 0 aromatic heterocycles.